The van der Waals surface area contributed by atoms with Crippen molar-refractivity contribution in [2.75, 3.05) is 6.54 Å². The molecule has 1 amide bonds. The van der Waals surface area contributed by atoms with Crippen LogP contribution in [-0.4, -0.2) is 28.5 Å². The summed E-state index contributed by atoms with van der Waals surface area (Å²) in [5.41, 5.74) is 4.00. The SMILES string of the molecule is Cc1[nH]c2c(C)ccc(F)c2c1CCNC(=O)c1ccc(C(=O)O)cc1. The van der Waals surface area contributed by atoms with Crippen molar-refractivity contribution in [2.24, 2.45) is 0 Å². The van der Waals surface area contributed by atoms with Crippen LogP contribution < -0.4 is 5.32 Å². The van der Waals surface area contributed by atoms with Crippen molar-refractivity contribution in [3.8, 4) is 0 Å². The van der Waals surface area contributed by atoms with E-state index in [1.807, 2.05) is 13.8 Å². The van der Waals surface area contributed by atoms with E-state index in [0.717, 1.165) is 22.3 Å². The van der Waals surface area contributed by atoms with E-state index in [0.29, 0.717) is 23.9 Å². The number of nitrogens with one attached hydrogen (secondary N) is 2. The van der Waals surface area contributed by atoms with Crippen LogP contribution in [-0.2, 0) is 6.42 Å². The van der Waals surface area contributed by atoms with Gasteiger partial charge in [-0.15, -0.1) is 0 Å². The lowest BCUT2D eigenvalue weighted by atomic mass is 10.0. The van der Waals surface area contributed by atoms with Crippen molar-refractivity contribution >= 4 is 22.8 Å². The molecule has 0 radical (unpaired) electrons. The van der Waals surface area contributed by atoms with E-state index in [1.54, 1.807) is 6.07 Å². The molecule has 0 aliphatic heterocycles. The van der Waals surface area contributed by atoms with Crippen LogP contribution in [0.5, 0.6) is 0 Å². The van der Waals surface area contributed by atoms with Gasteiger partial charge in [0.05, 0.1) is 11.1 Å². The monoisotopic (exact) mass is 354 g/mol. The summed E-state index contributed by atoms with van der Waals surface area (Å²) in [6, 6.07) is 8.91. The van der Waals surface area contributed by atoms with Gasteiger partial charge < -0.3 is 15.4 Å². The fourth-order valence-corrected chi connectivity index (χ4v) is 3.07. The molecule has 0 fully saturated rings. The number of aromatic carboxylic acids is 1. The third-order valence-corrected chi connectivity index (χ3v) is 4.48. The van der Waals surface area contributed by atoms with Crippen molar-refractivity contribution in [1.29, 1.82) is 0 Å². The molecule has 6 heteroatoms. The Bertz CT molecular complexity index is 990. The van der Waals surface area contributed by atoms with Gasteiger partial charge in [-0.3, -0.25) is 4.79 Å². The second-order valence-corrected chi connectivity index (χ2v) is 6.23. The number of rotatable bonds is 5. The van der Waals surface area contributed by atoms with E-state index in [9.17, 15) is 14.0 Å². The quantitative estimate of drug-likeness (QED) is 0.655. The lowest BCUT2D eigenvalue weighted by molar-refractivity contribution is 0.0696. The van der Waals surface area contributed by atoms with Gasteiger partial charge >= 0.3 is 5.97 Å². The zero-order valence-corrected chi connectivity index (χ0v) is 14.5. The molecule has 2 aromatic carbocycles. The summed E-state index contributed by atoms with van der Waals surface area (Å²) in [5, 5.41) is 12.2. The highest BCUT2D eigenvalue weighted by molar-refractivity contribution is 5.96. The third kappa shape index (κ3) is 3.31. The Kier molecular flexibility index (Phi) is 4.75. The van der Waals surface area contributed by atoms with Crippen LogP contribution in [0.4, 0.5) is 4.39 Å². The van der Waals surface area contributed by atoms with E-state index >= 15 is 0 Å². The Labute approximate surface area is 149 Å². The van der Waals surface area contributed by atoms with Crippen LogP contribution in [0, 0.1) is 19.7 Å². The summed E-state index contributed by atoms with van der Waals surface area (Å²) in [5.74, 6) is -1.61. The molecule has 0 atom stereocenters. The minimum absolute atomic E-state index is 0.127. The van der Waals surface area contributed by atoms with Gasteiger partial charge in [0.15, 0.2) is 0 Å². The lowest BCUT2D eigenvalue weighted by Crippen LogP contribution is -2.25. The van der Waals surface area contributed by atoms with Crippen molar-refractivity contribution in [3.05, 3.63) is 70.2 Å². The Morgan fingerprint density at radius 1 is 1.08 bits per heavy atom. The van der Waals surface area contributed by atoms with Crippen molar-refractivity contribution in [1.82, 2.24) is 10.3 Å². The average molecular weight is 354 g/mol. The molecule has 5 nitrogen and oxygen atoms in total. The Hall–Kier alpha value is -3.15. The van der Waals surface area contributed by atoms with Crippen LogP contribution >= 0.6 is 0 Å². The molecule has 26 heavy (non-hydrogen) atoms. The number of benzene rings is 2. The number of carbonyl (C=O) groups is 2. The predicted molar refractivity (Wildman–Crippen MR) is 97.2 cm³/mol. The molecule has 0 saturated carbocycles. The highest BCUT2D eigenvalue weighted by atomic mass is 19.1. The Morgan fingerprint density at radius 2 is 1.73 bits per heavy atom. The molecule has 3 N–H and O–H groups in total. The number of carboxylic acids is 1. The van der Waals surface area contributed by atoms with Gasteiger partial charge in [-0.1, -0.05) is 6.07 Å². The lowest BCUT2D eigenvalue weighted by Gasteiger charge is -2.07. The maximum absolute atomic E-state index is 14.2. The minimum atomic E-state index is -1.04. The van der Waals surface area contributed by atoms with Crippen LogP contribution in [0.2, 0.25) is 0 Å². The number of halogens is 1. The first-order chi connectivity index (χ1) is 12.4. The van der Waals surface area contributed by atoms with Crippen molar-refractivity contribution < 1.29 is 19.1 Å². The average Bonchev–Trinajstić information content (AvgIpc) is 2.96. The van der Waals surface area contributed by atoms with Gasteiger partial charge in [-0.2, -0.15) is 0 Å². The smallest absolute Gasteiger partial charge is 0.335 e. The molecule has 0 unspecified atom stereocenters. The molecular weight excluding hydrogens is 335 g/mol. The van der Waals surface area contributed by atoms with Gasteiger partial charge in [0.2, 0.25) is 0 Å². The molecule has 1 aromatic heterocycles. The fraction of sp³-hybridized carbons (Fsp3) is 0.200. The molecule has 0 aliphatic carbocycles. The molecule has 0 aliphatic rings. The van der Waals surface area contributed by atoms with Gasteiger partial charge in [0.25, 0.3) is 5.91 Å². The van der Waals surface area contributed by atoms with Crippen LogP contribution in [0.3, 0.4) is 0 Å². The molecule has 0 spiro atoms. The van der Waals surface area contributed by atoms with Crippen LogP contribution in [0.15, 0.2) is 36.4 Å². The highest BCUT2D eigenvalue weighted by Crippen LogP contribution is 2.27. The first kappa shape index (κ1) is 17.7. The molecule has 134 valence electrons. The van der Waals surface area contributed by atoms with Crippen molar-refractivity contribution in [3.63, 3.8) is 0 Å². The second-order valence-electron chi connectivity index (χ2n) is 6.23. The highest BCUT2D eigenvalue weighted by Gasteiger charge is 2.15. The number of carboxylic acid groups (broad SMARTS) is 1. The van der Waals surface area contributed by atoms with E-state index in [4.69, 9.17) is 5.11 Å². The van der Waals surface area contributed by atoms with E-state index < -0.39 is 5.97 Å². The fourth-order valence-electron chi connectivity index (χ4n) is 3.07. The van der Waals surface area contributed by atoms with E-state index in [-0.39, 0.29) is 17.3 Å². The van der Waals surface area contributed by atoms with Gasteiger partial charge in [0.1, 0.15) is 5.82 Å². The summed E-state index contributed by atoms with van der Waals surface area (Å²) in [4.78, 5) is 26.2. The second kappa shape index (κ2) is 7.00. The number of aryl methyl sites for hydroxylation is 2. The van der Waals surface area contributed by atoms with Crippen molar-refractivity contribution in [2.45, 2.75) is 20.3 Å². The van der Waals surface area contributed by atoms with Gasteiger partial charge in [-0.05, 0) is 61.7 Å². The van der Waals surface area contributed by atoms with Gasteiger partial charge in [-0.25, -0.2) is 9.18 Å². The Morgan fingerprint density at radius 3 is 2.38 bits per heavy atom. The number of aromatic nitrogens is 1. The first-order valence-corrected chi connectivity index (χ1v) is 8.26. The molecule has 0 bridgehead atoms. The summed E-state index contributed by atoms with van der Waals surface area (Å²) in [6.07, 6.45) is 0.491. The molecule has 3 aromatic rings. The number of aromatic amines is 1. The number of amides is 1. The van der Waals surface area contributed by atoms with Crippen LogP contribution in [0.25, 0.3) is 10.9 Å². The summed E-state index contributed by atoms with van der Waals surface area (Å²) in [7, 11) is 0. The largest absolute Gasteiger partial charge is 0.478 e. The molecular formula is C20H19FN2O3. The zero-order chi connectivity index (χ0) is 18.8. The topological polar surface area (TPSA) is 82.2 Å². The van der Waals surface area contributed by atoms with Gasteiger partial charge in [0, 0.05) is 23.2 Å². The first-order valence-electron chi connectivity index (χ1n) is 8.26. The third-order valence-electron chi connectivity index (χ3n) is 4.48. The molecule has 0 saturated heterocycles. The summed E-state index contributed by atoms with van der Waals surface area (Å²) in [6.45, 7) is 4.16. The number of hydrogen-bond acceptors (Lipinski definition) is 2. The van der Waals surface area contributed by atoms with E-state index in [1.165, 1.54) is 30.3 Å². The predicted octanol–water partition coefficient (Wildman–Crippen LogP) is 3.59. The summed E-state index contributed by atoms with van der Waals surface area (Å²) < 4.78 is 14.2. The molecule has 1 heterocycles. The maximum atomic E-state index is 14.2. The maximum Gasteiger partial charge on any atom is 0.335 e. The number of hydrogen-bond donors (Lipinski definition) is 3. The van der Waals surface area contributed by atoms with E-state index in [2.05, 4.69) is 10.3 Å². The molecule has 3 rings (SSSR count). The number of H-pyrrole nitrogens is 1. The summed E-state index contributed by atoms with van der Waals surface area (Å²) >= 11 is 0. The zero-order valence-electron chi connectivity index (χ0n) is 14.5. The normalized spacial score (nSPS) is 10.9. The number of carbonyl (C=O) groups excluding carboxylic acids is 1. The Balaban J connectivity index is 1.71. The van der Waals surface area contributed by atoms with Crippen LogP contribution in [0.1, 0.15) is 37.5 Å². The number of fused-ring (bicyclic) bond motifs is 1. The standard InChI is InChI=1S/C20H19FN2O3/c1-11-3-8-16(21)17-15(12(2)23-18(11)17)9-10-22-19(24)13-4-6-14(7-5-13)20(25)26/h3-8,23H,9-10H2,1-2H3,(H,22,24)(H,25,26). The minimum Gasteiger partial charge on any atom is -0.478 e.